The summed E-state index contributed by atoms with van der Waals surface area (Å²) in [5.41, 5.74) is 2.48. The summed E-state index contributed by atoms with van der Waals surface area (Å²) in [6.45, 7) is 1.85. The van der Waals surface area contributed by atoms with E-state index in [-0.39, 0.29) is 17.6 Å². The van der Waals surface area contributed by atoms with Crippen LogP contribution in [-0.2, 0) is 0 Å². The molecule has 3 aromatic rings. The van der Waals surface area contributed by atoms with E-state index in [4.69, 9.17) is 23.2 Å². The van der Waals surface area contributed by atoms with E-state index in [9.17, 15) is 4.79 Å². The molecule has 0 aliphatic rings. The smallest absolute Gasteiger partial charge is 0.271 e. The lowest BCUT2D eigenvalue weighted by Crippen LogP contribution is -2.27. The maximum Gasteiger partial charge on any atom is 0.271 e. The average molecular weight is 346 g/mol. The van der Waals surface area contributed by atoms with Gasteiger partial charge in [0.2, 0.25) is 0 Å². The zero-order valence-corrected chi connectivity index (χ0v) is 13.8. The minimum Gasteiger partial charge on any atom is -0.344 e. The molecule has 23 heavy (non-hydrogen) atoms. The summed E-state index contributed by atoms with van der Waals surface area (Å²) in [6, 6.07) is 12.3. The molecule has 0 aliphatic heterocycles. The zero-order valence-electron chi connectivity index (χ0n) is 12.3. The number of fused-ring (bicyclic) bond motifs is 1. The van der Waals surface area contributed by atoms with Crippen molar-refractivity contribution in [3.8, 4) is 0 Å². The Kier molecular flexibility index (Phi) is 4.46. The second-order valence-electron chi connectivity index (χ2n) is 5.10. The monoisotopic (exact) mass is 345 g/mol. The van der Waals surface area contributed by atoms with E-state index < -0.39 is 0 Å². The minimum atomic E-state index is -0.304. The van der Waals surface area contributed by atoms with Gasteiger partial charge < -0.3 is 5.32 Å². The van der Waals surface area contributed by atoms with Crippen LogP contribution in [0.5, 0.6) is 0 Å². The molecule has 0 saturated carbocycles. The highest BCUT2D eigenvalue weighted by atomic mass is 35.5. The van der Waals surface area contributed by atoms with Crippen LogP contribution in [0.3, 0.4) is 0 Å². The Hall–Kier alpha value is -2.17. The molecule has 0 fully saturated rings. The number of nitrogens with one attached hydrogen (secondary N) is 1. The predicted octanol–water partition coefficient (Wildman–Crippen LogP) is 4.43. The minimum absolute atomic E-state index is 0.264. The third kappa shape index (κ3) is 3.44. The number of nitrogens with zero attached hydrogens (tertiary/aromatic N) is 2. The molecule has 1 unspecified atom stereocenters. The lowest BCUT2D eigenvalue weighted by atomic mass is 10.1. The van der Waals surface area contributed by atoms with Gasteiger partial charge in [-0.05, 0) is 36.8 Å². The first-order valence-corrected chi connectivity index (χ1v) is 7.78. The summed E-state index contributed by atoms with van der Waals surface area (Å²) in [6.07, 6.45) is 1.47. The summed E-state index contributed by atoms with van der Waals surface area (Å²) >= 11 is 12.1. The molecule has 0 bridgehead atoms. The molecule has 2 aromatic carbocycles. The molecular formula is C17H13Cl2N3O. The highest BCUT2D eigenvalue weighted by Gasteiger charge is 2.15. The van der Waals surface area contributed by atoms with E-state index in [0.29, 0.717) is 15.6 Å². The van der Waals surface area contributed by atoms with Gasteiger partial charge in [0.05, 0.1) is 23.3 Å². The maximum atomic E-state index is 12.4. The summed E-state index contributed by atoms with van der Waals surface area (Å²) in [5.74, 6) is -0.304. The van der Waals surface area contributed by atoms with Gasteiger partial charge in [-0.1, -0.05) is 41.4 Å². The Labute approximate surface area is 143 Å². The van der Waals surface area contributed by atoms with Gasteiger partial charge in [0.1, 0.15) is 5.69 Å². The number of aromatic nitrogens is 2. The second-order valence-corrected chi connectivity index (χ2v) is 5.95. The van der Waals surface area contributed by atoms with Gasteiger partial charge >= 0.3 is 0 Å². The van der Waals surface area contributed by atoms with Gasteiger partial charge in [0, 0.05) is 10.0 Å². The van der Waals surface area contributed by atoms with E-state index in [2.05, 4.69) is 15.3 Å². The number of para-hydroxylation sites is 2. The van der Waals surface area contributed by atoms with E-state index >= 15 is 0 Å². The average Bonchev–Trinajstić information content (AvgIpc) is 2.54. The van der Waals surface area contributed by atoms with Gasteiger partial charge in [-0.3, -0.25) is 9.78 Å². The van der Waals surface area contributed by atoms with Crippen molar-refractivity contribution in [2.75, 3.05) is 0 Å². The van der Waals surface area contributed by atoms with E-state index in [0.717, 1.165) is 11.1 Å². The van der Waals surface area contributed by atoms with Crippen molar-refractivity contribution < 1.29 is 4.79 Å². The SMILES string of the molecule is CC(NC(=O)c1cnc2ccccc2n1)c1ccc(Cl)cc1Cl. The molecule has 1 N–H and O–H groups in total. The van der Waals surface area contributed by atoms with Crippen molar-refractivity contribution in [3.63, 3.8) is 0 Å². The van der Waals surface area contributed by atoms with E-state index in [1.165, 1.54) is 6.20 Å². The molecule has 4 nitrogen and oxygen atoms in total. The van der Waals surface area contributed by atoms with E-state index in [1.807, 2.05) is 31.2 Å². The summed E-state index contributed by atoms with van der Waals surface area (Å²) in [5, 5.41) is 3.93. The van der Waals surface area contributed by atoms with Crippen LogP contribution in [-0.4, -0.2) is 15.9 Å². The van der Waals surface area contributed by atoms with Crippen LogP contribution < -0.4 is 5.32 Å². The van der Waals surface area contributed by atoms with Crippen LogP contribution in [0.4, 0.5) is 0 Å². The quantitative estimate of drug-likeness (QED) is 0.763. The topological polar surface area (TPSA) is 54.9 Å². The molecule has 0 saturated heterocycles. The largest absolute Gasteiger partial charge is 0.344 e. The standard InChI is InChI=1S/C17H13Cl2N3O/c1-10(12-7-6-11(18)8-13(12)19)21-17(23)16-9-20-14-4-2-3-5-15(14)22-16/h2-10H,1H3,(H,21,23). The summed E-state index contributed by atoms with van der Waals surface area (Å²) in [7, 11) is 0. The maximum absolute atomic E-state index is 12.4. The number of carbonyl (C=O) groups excluding carboxylic acids is 1. The van der Waals surface area contributed by atoms with Crippen LogP contribution in [0.1, 0.15) is 29.0 Å². The number of amides is 1. The molecule has 0 spiro atoms. The van der Waals surface area contributed by atoms with Crippen molar-refractivity contribution in [1.29, 1.82) is 0 Å². The van der Waals surface area contributed by atoms with Crippen LogP contribution in [0.15, 0.2) is 48.7 Å². The summed E-state index contributed by atoms with van der Waals surface area (Å²) < 4.78 is 0. The van der Waals surface area contributed by atoms with Crippen molar-refractivity contribution in [1.82, 2.24) is 15.3 Å². The molecule has 1 aromatic heterocycles. The van der Waals surface area contributed by atoms with Crippen LogP contribution in [0.2, 0.25) is 10.0 Å². The third-order valence-corrected chi connectivity index (χ3v) is 4.02. The summed E-state index contributed by atoms with van der Waals surface area (Å²) in [4.78, 5) is 20.9. The fourth-order valence-corrected chi connectivity index (χ4v) is 2.84. The number of hydrogen-bond donors (Lipinski definition) is 1. The number of hydrogen-bond acceptors (Lipinski definition) is 3. The first kappa shape index (κ1) is 15.7. The van der Waals surface area contributed by atoms with Crippen LogP contribution in [0.25, 0.3) is 11.0 Å². The molecule has 0 aliphatic carbocycles. The molecule has 1 atom stereocenters. The molecule has 6 heteroatoms. The number of carbonyl (C=O) groups is 1. The van der Waals surface area contributed by atoms with Crippen LogP contribution >= 0.6 is 23.2 Å². The van der Waals surface area contributed by atoms with E-state index in [1.54, 1.807) is 18.2 Å². The lowest BCUT2D eigenvalue weighted by molar-refractivity contribution is 0.0935. The van der Waals surface area contributed by atoms with Gasteiger partial charge in [-0.2, -0.15) is 0 Å². The zero-order chi connectivity index (χ0) is 16.4. The Morgan fingerprint density at radius 1 is 1.13 bits per heavy atom. The second kappa shape index (κ2) is 6.52. The predicted molar refractivity (Wildman–Crippen MR) is 91.9 cm³/mol. The first-order chi connectivity index (χ1) is 11.0. The molecule has 3 rings (SSSR count). The fourth-order valence-electron chi connectivity index (χ4n) is 2.27. The van der Waals surface area contributed by atoms with Gasteiger partial charge in [0.15, 0.2) is 0 Å². The number of rotatable bonds is 3. The number of halogens is 2. The fraction of sp³-hybridized carbons (Fsp3) is 0.118. The Bertz CT molecular complexity index is 883. The Morgan fingerprint density at radius 2 is 1.87 bits per heavy atom. The van der Waals surface area contributed by atoms with Gasteiger partial charge in [0.25, 0.3) is 5.91 Å². The van der Waals surface area contributed by atoms with Crippen molar-refractivity contribution in [3.05, 3.63) is 70.0 Å². The third-order valence-electron chi connectivity index (χ3n) is 3.46. The molecule has 116 valence electrons. The van der Waals surface area contributed by atoms with Gasteiger partial charge in [-0.15, -0.1) is 0 Å². The molecular weight excluding hydrogens is 333 g/mol. The van der Waals surface area contributed by atoms with Crippen molar-refractivity contribution in [2.24, 2.45) is 0 Å². The highest BCUT2D eigenvalue weighted by molar-refractivity contribution is 6.35. The molecule has 0 radical (unpaired) electrons. The number of benzene rings is 2. The normalized spacial score (nSPS) is 12.1. The Morgan fingerprint density at radius 3 is 2.61 bits per heavy atom. The van der Waals surface area contributed by atoms with Gasteiger partial charge in [-0.25, -0.2) is 4.98 Å². The highest BCUT2D eigenvalue weighted by Crippen LogP contribution is 2.26. The van der Waals surface area contributed by atoms with Crippen LogP contribution in [0, 0.1) is 0 Å². The first-order valence-electron chi connectivity index (χ1n) is 7.02. The molecule has 1 amide bonds. The van der Waals surface area contributed by atoms with Crippen molar-refractivity contribution >= 4 is 40.1 Å². The lowest BCUT2D eigenvalue weighted by Gasteiger charge is -2.15. The Balaban J connectivity index is 1.82. The van der Waals surface area contributed by atoms with Crippen molar-refractivity contribution in [2.45, 2.75) is 13.0 Å². The molecule has 1 heterocycles.